The third-order valence-electron chi connectivity index (χ3n) is 4.60. The van der Waals surface area contributed by atoms with Gasteiger partial charge in [-0.15, -0.1) is 0 Å². The van der Waals surface area contributed by atoms with Crippen molar-refractivity contribution in [2.24, 2.45) is 0 Å². The lowest BCUT2D eigenvalue weighted by atomic mass is 9.98. The van der Waals surface area contributed by atoms with Crippen LogP contribution >= 0.6 is 7.75 Å². The van der Waals surface area contributed by atoms with E-state index in [1.165, 1.54) is 14.2 Å². The van der Waals surface area contributed by atoms with Gasteiger partial charge in [-0.1, -0.05) is 13.8 Å². The van der Waals surface area contributed by atoms with Crippen LogP contribution in [0.4, 0.5) is 0 Å². The summed E-state index contributed by atoms with van der Waals surface area (Å²) >= 11 is 0. The third kappa shape index (κ3) is 2.82. The van der Waals surface area contributed by atoms with E-state index in [4.69, 9.17) is 18.5 Å². The van der Waals surface area contributed by atoms with Crippen molar-refractivity contribution in [1.29, 1.82) is 0 Å². The molecule has 0 radical (unpaired) electrons. The number of piperidine rings is 1. The van der Waals surface area contributed by atoms with E-state index >= 15 is 0 Å². The van der Waals surface area contributed by atoms with Gasteiger partial charge >= 0.3 is 7.75 Å². The molecule has 0 amide bonds. The Kier molecular flexibility index (Phi) is 4.95. The molecule has 0 bridgehead atoms. The van der Waals surface area contributed by atoms with Gasteiger partial charge in [-0.25, -0.2) is 9.24 Å². The van der Waals surface area contributed by atoms with Crippen molar-refractivity contribution in [3.05, 3.63) is 0 Å². The van der Waals surface area contributed by atoms with E-state index in [9.17, 15) is 4.57 Å². The molecular weight excluding hydrogens is 281 g/mol. The Morgan fingerprint density at radius 2 is 1.70 bits per heavy atom. The first kappa shape index (κ1) is 16.4. The quantitative estimate of drug-likeness (QED) is 0.728. The summed E-state index contributed by atoms with van der Waals surface area (Å²) in [5, 5.41) is 0. The number of ether oxygens (including phenoxy) is 2. The van der Waals surface area contributed by atoms with Gasteiger partial charge in [0.2, 0.25) is 0 Å². The number of rotatable bonds is 5. The fourth-order valence-electron chi connectivity index (χ4n) is 2.95. The number of hydrogen-bond acceptors (Lipinski definition) is 5. The molecule has 20 heavy (non-hydrogen) atoms. The van der Waals surface area contributed by atoms with Crippen molar-refractivity contribution in [2.45, 2.75) is 50.9 Å². The molecule has 7 heteroatoms. The lowest BCUT2D eigenvalue weighted by Crippen LogP contribution is -2.45. The normalized spacial score (nSPS) is 26.2. The highest BCUT2D eigenvalue weighted by atomic mass is 31.2. The van der Waals surface area contributed by atoms with Gasteiger partial charge in [0.25, 0.3) is 0 Å². The zero-order valence-corrected chi connectivity index (χ0v) is 13.8. The van der Waals surface area contributed by atoms with Crippen LogP contribution in [0.15, 0.2) is 0 Å². The zero-order valence-electron chi connectivity index (χ0n) is 12.9. The van der Waals surface area contributed by atoms with Gasteiger partial charge in [-0.3, -0.25) is 9.05 Å². The van der Waals surface area contributed by atoms with Gasteiger partial charge in [0.1, 0.15) is 0 Å². The summed E-state index contributed by atoms with van der Waals surface area (Å²) in [7, 11) is -0.311. The molecule has 0 aromatic heterocycles. The van der Waals surface area contributed by atoms with Gasteiger partial charge in [0.05, 0.1) is 12.2 Å². The highest BCUT2D eigenvalue weighted by molar-refractivity contribution is 7.51. The molecule has 1 spiro atoms. The van der Waals surface area contributed by atoms with Crippen molar-refractivity contribution >= 4 is 7.75 Å². The molecule has 2 fully saturated rings. The van der Waals surface area contributed by atoms with E-state index in [0.29, 0.717) is 32.5 Å². The molecule has 0 aliphatic carbocycles. The average Bonchev–Trinajstić information content (AvgIpc) is 2.87. The molecule has 2 saturated heterocycles. The van der Waals surface area contributed by atoms with E-state index in [1.54, 1.807) is 4.67 Å². The molecule has 2 heterocycles. The monoisotopic (exact) mass is 307 g/mol. The van der Waals surface area contributed by atoms with Crippen LogP contribution in [0.2, 0.25) is 0 Å². The molecule has 6 nitrogen and oxygen atoms in total. The molecule has 118 valence electrons. The van der Waals surface area contributed by atoms with Gasteiger partial charge < -0.3 is 9.47 Å². The van der Waals surface area contributed by atoms with Crippen LogP contribution in [0, 0.1) is 0 Å². The standard InChI is InChI=1S/C13H26NO5P/c1-5-12(6-2)11-18-13(19-12)7-9-14(10-8-13)20(15,16-3)17-4/h5-11H2,1-4H3. The average molecular weight is 307 g/mol. The largest absolute Gasteiger partial charge is 0.407 e. The Morgan fingerprint density at radius 1 is 1.15 bits per heavy atom. The molecule has 0 aromatic carbocycles. The SMILES string of the molecule is CCC1(CC)COC2(CCN(P(=O)(OC)OC)CC2)O1. The predicted octanol–water partition coefficient (Wildman–Crippen LogP) is 2.79. The van der Waals surface area contributed by atoms with E-state index in [-0.39, 0.29) is 5.60 Å². The van der Waals surface area contributed by atoms with Gasteiger partial charge in [0, 0.05) is 40.2 Å². The van der Waals surface area contributed by atoms with Crippen LogP contribution in [0.3, 0.4) is 0 Å². The number of nitrogens with zero attached hydrogens (tertiary/aromatic N) is 1. The lowest BCUT2D eigenvalue weighted by molar-refractivity contribution is -0.208. The Labute approximate surface area is 121 Å². The molecule has 2 rings (SSSR count). The Hall–Kier alpha value is 0.0300. The Balaban J connectivity index is 2.00. The summed E-state index contributed by atoms with van der Waals surface area (Å²) in [4.78, 5) is 0. The van der Waals surface area contributed by atoms with Crippen LogP contribution in [-0.2, 0) is 23.1 Å². The van der Waals surface area contributed by atoms with E-state index in [0.717, 1.165) is 12.8 Å². The van der Waals surface area contributed by atoms with Crippen molar-refractivity contribution < 1.29 is 23.1 Å². The first-order valence-electron chi connectivity index (χ1n) is 7.28. The van der Waals surface area contributed by atoms with Crippen molar-refractivity contribution in [3.8, 4) is 0 Å². The first-order chi connectivity index (χ1) is 9.47. The molecule has 0 aromatic rings. The smallest absolute Gasteiger partial charge is 0.347 e. The molecule has 2 aliphatic heterocycles. The third-order valence-corrected chi connectivity index (χ3v) is 6.61. The number of hydrogen-bond donors (Lipinski definition) is 0. The Morgan fingerprint density at radius 3 is 2.10 bits per heavy atom. The molecule has 2 aliphatic rings. The van der Waals surface area contributed by atoms with Crippen LogP contribution in [0.5, 0.6) is 0 Å². The zero-order chi connectivity index (χ0) is 14.9. The summed E-state index contributed by atoms with van der Waals surface area (Å²) in [6.45, 7) is 6.08. The second-order valence-electron chi connectivity index (χ2n) is 5.48. The van der Waals surface area contributed by atoms with Crippen molar-refractivity contribution in [3.63, 3.8) is 0 Å². The van der Waals surface area contributed by atoms with Gasteiger partial charge in [0.15, 0.2) is 5.79 Å². The molecular formula is C13H26NO5P. The topological polar surface area (TPSA) is 57.2 Å². The van der Waals surface area contributed by atoms with Gasteiger partial charge in [-0.2, -0.15) is 0 Å². The molecule has 0 atom stereocenters. The maximum atomic E-state index is 12.3. The molecule has 0 N–H and O–H groups in total. The summed E-state index contributed by atoms with van der Waals surface area (Å²) in [6, 6.07) is 0. The predicted molar refractivity (Wildman–Crippen MR) is 75.5 cm³/mol. The highest BCUT2D eigenvalue weighted by Crippen LogP contribution is 2.53. The maximum absolute atomic E-state index is 12.3. The Bertz CT molecular complexity index is 369. The minimum atomic E-state index is -3.14. The second kappa shape index (κ2) is 6.03. The highest BCUT2D eigenvalue weighted by Gasteiger charge is 2.51. The van der Waals surface area contributed by atoms with Crippen LogP contribution in [-0.4, -0.2) is 50.0 Å². The second-order valence-corrected chi connectivity index (χ2v) is 7.71. The van der Waals surface area contributed by atoms with Crippen LogP contribution in [0.1, 0.15) is 39.5 Å². The van der Waals surface area contributed by atoms with E-state index in [1.807, 2.05) is 0 Å². The van der Waals surface area contributed by atoms with Crippen molar-refractivity contribution in [1.82, 2.24) is 4.67 Å². The summed E-state index contributed by atoms with van der Waals surface area (Å²) in [6.07, 6.45) is 3.27. The van der Waals surface area contributed by atoms with Gasteiger partial charge in [-0.05, 0) is 12.8 Å². The summed E-state index contributed by atoms with van der Waals surface area (Å²) < 4.78 is 36.4. The van der Waals surface area contributed by atoms with E-state index < -0.39 is 13.5 Å². The van der Waals surface area contributed by atoms with Crippen molar-refractivity contribution in [2.75, 3.05) is 33.9 Å². The minimum absolute atomic E-state index is 0.158. The molecule has 0 unspecified atom stereocenters. The minimum Gasteiger partial charge on any atom is -0.347 e. The van der Waals surface area contributed by atoms with Crippen LogP contribution < -0.4 is 0 Å². The van der Waals surface area contributed by atoms with E-state index in [2.05, 4.69) is 13.8 Å². The first-order valence-corrected chi connectivity index (χ1v) is 8.78. The lowest BCUT2D eigenvalue weighted by Gasteiger charge is -2.40. The summed E-state index contributed by atoms with van der Waals surface area (Å²) in [5.74, 6) is -0.519. The molecule has 0 saturated carbocycles. The fraction of sp³-hybridized carbons (Fsp3) is 1.00. The van der Waals surface area contributed by atoms with Crippen LogP contribution in [0.25, 0.3) is 0 Å². The maximum Gasteiger partial charge on any atom is 0.407 e. The summed E-state index contributed by atoms with van der Waals surface area (Å²) in [5.41, 5.74) is -0.158. The fourth-order valence-corrected chi connectivity index (χ4v) is 4.25.